The van der Waals surface area contributed by atoms with Crippen molar-refractivity contribution in [2.75, 3.05) is 13.2 Å². The zero-order valence-corrected chi connectivity index (χ0v) is 43.9. The lowest BCUT2D eigenvalue weighted by Crippen LogP contribution is -2.30. The average molecular weight is 906 g/mol. The van der Waals surface area contributed by atoms with Crippen LogP contribution in [0, 0.1) is 11.8 Å². The van der Waals surface area contributed by atoms with Gasteiger partial charge in [-0.1, -0.05) is 285 Å². The van der Waals surface area contributed by atoms with Crippen molar-refractivity contribution in [3.8, 4) is 0 Å². The quantitative estimate of drug-likeness (QED) is 0.0344. The molecule has 0 fully saturated rings. The lowest BCUT2D eigenvalue weighted by atomic mass is 9.99. The molecule has 0 aliphatic rings. The van der Waals surface area contributed by atoms with Gasteiger partial charge in [0.25, 0.3) is 0 Å². The van der Waals surface area contributed by atoms with Crippen molar-refractivity contribution in [3.05, 3.63) is 0 Å². The third-order valence-electron chi connectivity index (χ3n) is 13.6. The van der Waals surface area contributed by atoms with Crippen molar-refractivity contribution in [3.63, 3.8) is 0 Å². The van der Waals surface area contributed by atoms with Crippen LogP contribution in [-0.4, -0.2) is 37.2 Å². The number of esters is 3. The van der Waals surface area contributed by atoms with E-state index in [0.717, 1.165) is 69.6 Å². The Morgan fingerprint density at radius 2 is 0.594 bits per heavy atom. The number of unbranched alkanes of at least 4 members (excludes halogenated alkanes) is 36. The van der Waals surface area contributed by atoms with Gasteiger partial charge in [0, 0.05) is 19.3 Å². The highest BCUT2D eigenvalue weighted by molar-refractivity contribution is 5.71. The highest BCUT2D eigenvalue weighted by Gasteiger charge is 2.19. The molecule has 0 amide bonds. The van der Waals surface area contributed by atoms with Crippen LogP contribution in [0.2, 0.25) is 0 Å². The molecule has 0 aromatic carbocycles. The van der Waals surface area contributed by atoms with Crippen molar-refractivity contribution in [2.24, 2.45) is 11.8 Å². The molecule has 6 nitrogen and oxygen atoms in total. The number of hydrogen-bond donors (Lipinski definition) is 0. The summed E-state index contributed by atoms with van der Waals surface area (Å²) in [6.07, 6.45) is 53.8. The number of ether oxygens (including phenoxy) is 3. The molecule has 380 valence electrons. The molecule has 0 aromatic heterocycles. The number of carbonyl (C=O) groups is 3. The summed E-state index contributed by atoms with van der Waals surface area (Å²) in [5, 5.41) is 0. The van der Waals surface area contributed by atoms with Gasteiger partial charge in [-0.25, -0.2) is 0 Å². The molecule has 0 bridgehead atoms. The van der Waals surface area contributed by atoms with Crippen molar-refractivity contribution in [2.45, 2.75) is 330 Å². The van der Waals surface area contributed by atoms with E-state index in [-0.39, 0.29) is 31.1 Å². The molecule has 0 saturated carbocycles. The van der Waals surface area contributed by atoms with E-state index in [1.807, 2.05) is 0 Å². The normalized spacial score (nSPS) is 12.5. The van der Waals surface area contributed by atoms with Crippen LogP contribution >= 0.6 is 0 Å². The standard InChI is InChI=1S/C58H112O6/c1-6-8-9-10-11-12-13-14-15-16-17-18-19-20-24-27-33-38-43-48-56(59)62-51-55(64-58(61)50-45-40-35-30-29-32-37-42-47-54(5)7-2)52-63-57(60)49-44-39-34-28-25-22-21-23-26-31-36-41-46-53(3)4/h53-55H,6-52H2,1-5H3/t54?,55-/m0/s1. The first-order valence-electron chi connectivity index (χ1n) is 28.8. The Balaban J connectivity index is 4.26. The average Bonchev–Trinajstić information content (AvgIpc) is 3.28. The second-order valence-electron chi connectivity index (χ2n) is 20.6. The molecule has 2 atom stereocenters. The Kier molecular flexibility index (Phi) is 49.6. The summed E-state index contributed by atoms with van der Waals surface area (Å²) in [5.74, 6) is 0.835. The largest absolute Gasteiger partial charge is 0.462 e. The summed E-state index contributed by atoms with van der Waals surface area (Å²) < 4.78 is 16.9. The lowest BCUT2D eigenvalue weighted by molar-refractivity contribution is -0.167. The fourth-order valence-corrected chi connectivity index (χ4v) is 8.84. The minimum atomic E-state index is -0.763. The molecule has 6 heteroatoms. The van der Waals surface area contributed by atoms with Crippen LogP contribution in [0.25, 0.3) is 0 Å². The summed E-state index contributed by atoms with van der Waals surface area (Å²) in [4.78, 5) is 38.1. The van der Waals surface area contributed by atoms with Gasteiger partial charge < -0.3 is 14.2 Å². The first-order chi connectivity index (χ1) is 31.3. The fraction of sp³-hybridized carbons (Fsp3) is 0.948. The van der Waals surface area contributed by atoms with E-state index in [2.05, 4.69) is 34.6 Å². The van der Waals surface area contributed by atoms with Gasteiger partial charge >= 0.3 is 17.9 Å². The Bertz CT molecular complexity index is 980. The van der Waals surface area contributed by atoms with Crippen LogP contribution in [0.5, 0.6) is 0 Å². The highest BCUT2D eigenvalue weighted by Crippen LogP contribution is 2.18. The molecule has 0 rings (SSSR count). The summed E-state index contributed by atoms with van der Waals surface area (Å²) in [5.41, 5.74) is 0. The molecule has 0 saturated heterocycles. The number of rotatable bonds is 52. The van der Waals surface area contributed by atoms with Crippen molar-refractivity contribution in [1.29, 1.82) is 0 Å². The van der Waals surface area contributed by atoms with Crippen LogP contribution in [0.15, 0.2) is 0 Å². The Morgan fingerprint density at radius 1 is 0.328 bits per heavy atom. The number of carbonyl (C=O) groups excluding carboxylic acids is 3. The molecule has 0 aromatic rings. The van der Waals surface area contributed by atoms with E-state index in [9.17, 15) is 14.4 Å². The van der Waals surface area contributed by atoms with Crippen molar-refractivity contribution in [1.82, 2.24) is 0 Å². The third-order valence-corrected chi connectivity index (χ3v) is 13.6. The molecule has 1 unspecified atom stereocenters. The van der Waals surface area contributed by atoms with E-state index >= 15 is 0 Å². The van der Waals surface area contributed by atoms with Crippen LogP contribution < -0.4 is 0 Å². The van der Waals surface area contributed by atoms with Gasteiger partial charge in [-0.3, -0.25) is 14.4 Å². The second kappa shape index (κ2) is 50.8. The summed E-state index contributed by atoms with van der Waals surface area (Å²) in [6.45, 7) is 11.4. The predicted molar refractivity (Wildman–Crippen MR) is 275 cm³/mol. The van der Waals surface area contributed by atoms with Gasteiger partial charge in [0.05, 0.1) is 0 Å². The van der Waals surface area contributed by atoms with Gasteiger partial charge in [-0.2, -0.15) is 0 Å². The molecule has 0 aliphatic heterocycles. The molecular weight excluding hydrogens is 793 g/mol. The molecule has 0 heterocycles. The van der Waals surface area contributed by atoms with Gasteiger partial charge in [-0.15, -0.1) is 0 Å². The maximum atomic E-state index is 12.8. The van der Waals surface area contributed by atoms with E-state index in [1.54, 1.807) is 0 Å². The van der Waals surface area contributed by atoms with Crippen LogP contribution in [0.1, 0.15) is 324 Å². The molecule has 0 radical (unpaired) electrons. The Morgan fingerprint density at radius 3 is 0.891 bits per heavy atom. The Labute approximate surface area is 399 Å². The molecule has 0 N–H and O–H groups in total. The molecule has 0 spiro atoms. The van der Waals surface area contributed by atoms with Gasteiger partial charge in [0.2, 0.25) is 0 Å². The van der Waals surface area contributed by atoms with Crippen LogP contribution in [0.3, 0.4) is 0 Å². The Hall–Kier alpha value is -1.59. The maximum absolute atomic E-state index is 12.8. The smallest absolute Gasteiger partial charge is 0.306 e. The van der Waals surface area contributed by atoms with Crippen LogP contribution in [-0.2, 0) is 28.6 Å². The minimum absolute atomic E-state index is 0.0633. The van der Waals surface area contributed by atoms with Crippen molar-refractivity contribution < 1.29 is 28.6 Å². The van der Waals surface area contributed by atoms with Gasteiger partial charge in [0.15, 0.2) is 6.10 Å². The molecule has 64 heavy (non-hydrogen) atoms. The van der Waals surface area contributed by atoms with E-state index in [1.165, 1.54) is 212 Å². The van der Waals surface area contributed by atoms with Gasteiger partial charge in [-0.05, 0) is 31.1 Å². The van der Waals surface area contributed by atoms with E-state index in [4.69, 9.17) is 14.2 Å². The third kappa shape index (κ3) is 49.8. The predicted octanol–water partition coefficient (Wildman–Crippen LogP) is 18.9. The highest BCUT2D eigenvalue weighted by atomic mass is 16.6. The zero-order valence-electron chi connectivity index (χ0n) is 43.9. The zero-order chi connectivity index (χ0) is 46.8. The molecule has 0 aliphatic carbocycles. The minimum Gasteiger partial charge on any atom is -0.462 e. The fourth-order valence-electron chi connectivity index (χ4n) is 8.84. The second-order valence-corrected chi connectivity index (χ2v) is 20.6. The first-order valence-corrected chi connectivity index (χ1v) is 28.8. The van der Waals surface area contributed by atoms with Crippen LogP contribution in [0.4, 0.5) is 0 Å². The summed E-state index contributed by atoms with van der Waals surface area (Å²) in [6, 6.07) is 0. The van der Waals surface area contributed by atoms with Gasteiger partial charge in [0.1, 0.15) is 13.2 Å². The monoisotopic (exact) mass is 905 g/mol. The van der Waals surface area contributed by atoms with E-state index in [0.29, 0.717) is 19.3 Å². The summed E-state index contributed by atoms with van der Waals surface area (Å²) >= 11 is 0. The maximum Gasteiger partial charge on any atom is 0.306 e. The summed E-state index contributed by atoms with van der Waals surface area (Å²) in [7, 11) is 0. The topological polar surface area (TPSA) is 78.9 Å². The SMILES string of the molecule is CCCCCCCCCCCCCCCCCCCCCC(=O)OC[C@@H](COC(=O)CCCCCCCCCCCCCCC(C)C)OC(=O)CCCCCCCCCCC(C)CC. The molecular formula is C58H112O6. The van der Waals surface area contributed by atoms with E-state index < -0.39 is 6.10 Å². The number of hydrogen-bond acceptors (Lipinski definition) is 6. The first kappa shape index (κ1) is 62.4. The lowest BCUT2D eigenvalue weighted by Gasteiger charge is -2.18. The van der Waals surface area contributed by atoms with Crippen molar-refractivity contribution >= 4 is 17.9 Å².